The summed E-state index contributed by atoms with van der Waals surface area (Å²) < 4.78 is 53.0. The average molecular weight is 644 g/mol. The van der Waals surface area contributed by atoms with E-state index in [1.54, 1.807) is 9.80 Å². The van der Waals surface area contributed by atoms with E-state index in [4.69, 9.17) is 22.1 Å². The number of anilines is 3. The number of carbonyl (C=O) groups is 2. The molecular formula is C29H25ClF3N7O3S. The molecule has 0 unspecified atom stereocenters. The van der Waals surface area contributed by atoms with Crippen molar-refractivity contribution in [1.29, 1.82) is 0 Å². The highest BCUT2D eigenvalue weighted by atomic mass is 35.5. The van der Waals surface area contributed by atoms with Crippen LogP contribution in [-0.4, -0.2) is 90.5 Å². The molecule has 1 saturated heterocycles. The first kappa shape index (κ1) is 28.6. The van der Waals surface area contributed by atoms with E-state index in [0.29, 0.717) is 24.0 Å². The van der Waals surface area contributed by atoms with Crippen molar-refractivity contribution in [3.8, 4) is 17.0 Å². The van der Waals surface area contributed by atoms with Crippen LogP contribution in [0.2, 0.25) is 5.02 Å². The second-order valence-electron chi connectivity index (χ2n) is 11.2. The second-order valence-corrected chi connectivity index (χ2v) is 12.6. The number of nitrogens with zero attached hydrogens (tertiary/aromatic N) is 6. The first-order valence-electron chi connectivity index (χ1n) is 13.7. The molecule has 0 aliphatic carbocycles. The molecule has 10 nitrogen and oxygen atoms in total. The summed E-state index contributed by atoms with van der Waals surface area (Å²) >= 11 is 7.52. The van der Waals surface area contributed by atoms with Crippen molar-refractivity contribution in [3.05, 3.63) is 47.3 Å². The summed E-state index contributed by atoms with van der Waals surface area (Å²) in [4.78, 5) is 41.9. The van der Waals surface area contributed by atoms with E-state index in [-0.39, 0.29) is 86.3 Å². The zero-order valence-corrected chi connectivity index (χ0v) is 25.1. The number of halogens is 4. The number of nitrogen functional groups attached to an aromatic ring is 1. The van der Waals surface area contributed by atoms with Crippen LogP contribution in [0.15, 0.2) is 24.8 Å². The minimum atomic E-state index is -1.07. The van der Waals surface area contributed by atoms with Gasteiger partial charge in [-0.25, -0.2) is 23.1 Å². The molecule has 3 aliphatic rings. The number of fused-ring (bicyclic) bond motifs is 5. The number of pyridine rings is 1. The predicted molar refractivity (Wildman–Crippen MR) is 163 cm³/mol. The molecule has 0 bridgehead atoms. The quantitative estimate of drug-likeness (QED) is 0.332. The number of hydrogen-bond acceptors (Lipinski definition) is 9. The zero-order chi connectivity index (χ0) is 31.2. The minimum absolute atomic E-state index is 0.0232. The zero-order valence-electron chi connectivity index (χ0n) is 23.5. The van der Waals surface area contributed by atoms with Gasteiger partial charge in [-0.3, -0.25) is 9.59 Å². The van der Waals surface area contributed by atoms with E-state index in [1.165, 1.54) is 12.1 Å². The van der Waals surface area contributed by atoms with Gasteiger partial charge in [-0.05, 0) is 26.2 Å². The summed E-state index contributed by atoms with van der Waals surface area (Å²) in [5.41, 5.74) is 5.62. The highest BCUT2D eigenvalue weighted by Gasteiger charge is 2.48. The van der Waals surface area contributed by atoms with Crippen molar-refractivity contribution in [1.82, 2.24) is 19.8 Å². The smallest absolute Gasteiger partial charge is 0.251 e. The molecule has 0 radical (unpaired) electrons. The fourth-order valence-electron chi connectivity index (χ4n) is 6.36. The number of aromatic nitrogens is 2. The largest absolute Gasteiger partial charge is 0.470 e. The Hall–Kier alpha value is -4.14. The Morgan fingerprint density at radius 2 is 1.93 bits per heavy atom. The summed E-state index contributed by atoms with van der Waals surface area (Å²) in [6, 6.07) is 1.33. The van der Waals surface area contributed by atoms with Crippen molar-refractivity contribution in [2.24, 2.45) is 0 Å². The van der Waals surface area contributed by atoms with Gasteiger partial charge in [-0.2, -0.15) is 0 Å². The standard InChI is InChI=1S/C29H25ClF3N7O3S/c1-4-18(41)38-5-6-39-17(11-38)28(42)40-10-12(9-37(2)3)43-27-25(40)24(39)13-7-14(30)19(21(33)22(13)35-27)20-15(31)8-16(32)26-23(20)36-29(34)44-26/h4,7-8,12,17H,1,5-6,9-11H2,2-3H3,(H2,34,36)/t12-,17-/m1/s1. The molecule has 2 aromatic heterocycles. The Bertz CT molecular complexity index is 1940. The van der Waals surface area contributed by atoms with Gasteiger partial charge in [-0.15, -0.1) is 0 Å². The highest BCUT2D eigenvalue weighted by Crippen LogP contribution is 2.52. The average Bonchev–Trinajstić information content (AvgIpc) is 3.37. The van der Waals surface area contributed by atoms with Gasteiger partial charge < -0.3 is 30.1 Å². The number of carbonyl (C=O) groups excluding carboxylic acids is 2. The lowest BCUT2D eigenvalue weighted by Crippen LogP contribution is -2.65. The van der Waals surface area contributed by atoms with Crippen LogP contribution in [0.4, 0.5) is 29.7 Å². The van der Waals surface area contributed by atoms with E-state index in [9.17, 15) is 14.0 Å². The summed E-state index contributed by atoms with van der Waals surface area (Å²) in [5, 5.41) is 0.0752. The fraction of sp³-hybridized carbons (Fsp3) is 0.310. The lowest BCUT2D eigenvalue weighted by molar-refractivity contribution is -0.128. The van der Waals surface area contributed by atoms with E-state index in [1.807, 2.05) is 23.9 Å². The number of nitrogens with two attached hydrogens (primary N) is 1. The third kappa shape index (κ3) is 4.19. The van der Waals surface area contributed by atoms with Gasteiger partial charge in [0.25, 0.3) is 5.91 Å². The second kappa shape index (κ2) is 10.2. The number of likely N-dealkylation sites (N-methyl/N-ethyl adjacent to an activating group) is 1. The van der Waals surface area contributed by atoms with Crippen molar-refractivity contribution in [3.63, 3.8) is 0 Å². The maximum atomic E-state index is 16.8. The lowest BCUT2D eigenvalue weighted by Gasteiger charge is -2.50. The maximum absolute atomic E-state index is 16.8. The summed E-state index contributed by atoms with van der Waals surface area (Å²) in [5.74, 6) is -3.42. The molecule has 2 atom stereocenters. The number of amides is 2. The molecule has 15 heteroatoms. The summed E-state index contributed by atoms with van der Waals surface area (Å²) in [7, 11) is 3.71. The topological polar surface area (TPSA) is 108 Å². The number of rotatable bonds is 4. The first-order valence-corrected chi connectivity index (χ1v) is 14.9. The maximum Gasteiger partial charge on any atom is 0.251 e. The number of thiazole rings is 1. The lowest BCUT2D eigenvalue weighted by atomic mass is 9.96. The monoisotopic (exact) mass is 643 g/mol. The Kier molecular flexibility index (Phi) is 6.64. The molecule has 1 fully saturated rings. The van der Waals surface area contributed by atoms with E-state index in [2.05, 4.69) is 16.5 Å². The number of ether oxygens (including phenoxy) is 1. The number of piperazine rings is 1. The summed E-state index contributed by atoms with van der Waals surface area (Å²) in [6.45, 7) is 4.85. The molecule has 2 aromatic carbocycles. The minimum Gasteiger partial charge on any atom is -0.470 e. The van der Waals surface area contributed by atoms with Crippen LogP contribution in [0.3, 0.4) is 0 Å². The van der Waals surface area contributed by atoms with Gasteiger partial charge in [0.15, 0.2) is 10.9 Å². The Morgan fingerprint density at radius 3 is 2.66 bits per heavy atom. The van der Waals surface area contributed by atoms with Crippen molar-refractivity contribution in [2.75, 3.05) is 62.4 Å². The van der Waals surface area contributed by atoms with Gasteiger partial charge in [0.1, 0.15) is 35.0 Å². The first-order chi connectivity index (χ1) is 21.0. The van der Waals surface area contributed by atoms with Crippen molar-refractivity contribution < 1.29 is 27.5 Å². The van der Waals surface area contributed by atoms with E-state index >= 15 is 8.78 Å². The molecule has 0 saturated carbocycles. The molecule has 2 N–H and O–H groups in total. The van der Waals surface area contributed by atoms with Crippen LogP contribution in [0.5, 0.6) is 5.88 Å². The van der Waals surface area contributed by atoms with Gasteiger partial charge in [0, 0.05) is 42.2 Å². The molecule has 2 amide bonds. The van der Waals surface area contributed by atoms with Crippen LogP contribution in [0.1, 0.15) is 0 Å². The van der Waals surface area contributed by atoms with Crippen molar-refractivity contribution >= 4 is 72.4 Å². The Labute approximate surface area is 258 Å². The molecule has 4 aromatic rings. The van der Waals surface area contributed by atoms with Crippen LogP contribution < -0.4 is 20.3 Å². The van der Waals surface area contributed by atoms with Crippen LogP contribution in [-0.2, 0) is 9.59 Å². The highest BCUT2D eigenvalue weighted by molar-refractivity contribution is 7.22. The van der Waals surface area contributed by atoms with Crippen LogP contribution in [0, 0.1) is 17.5 Å². The third-order valence-corrected chi connectivity index (χ3v) is 9.33. The molecule has 0 spiro atoms. The third-order valence-electron chi connectivity index (χ3n) is 8.14. The molecule has 228 valence electrons. The normalized spacial score (nSPS) is 19.4. The SMILES string of the molecule is C=CC(=O)N1CCN2c3c4c(nc5c(F)c(-c6c(F)cc(F)c7sc(N)nc67)c(Cl)cc35)O[C@H](CN(C)C)CN4C(=O)[C@H]2C1. The Balaban J connectivity index is 1.49. The molecule has 3 aliphatic heterocycles. The number of benzene rings is 2. The van der Waals surface area contributed by atoms with Gasteiger partial charge in [0.2, 0.25) is 11.8 Å². The van der Waals surface area contributed by atoms with Gasteiger partial charge in [-0.1, -0.05) is 29.5 Å². The fourth-order valence-corrected chi connectivity index (χ4v) is 7.39. The van der Waals surface area contributed by atoms with E-state index < -0.39 is 29.6 Å². The molecule has 7 rings (SSSR count). The molecule has 5 heterocycles. The predicted octanol–water partition coefficient (Wildman–Crippen LogP) is 4.04. The van der Waals surface area contributed by atoms with Crippen LogP contribution >= 0.6 is 22.9 Å². The Morgan fingerprint density at radius 1 is 1.16 bits per heavy atom. The number of hydrogen-bond donors (Lipinski definition) is 1. The van der Waals surface area contributed by atoms with Gasteiger partial charge in [0.05, 0.1) is 34.0 Å². The molecular weight excluding hydrogens is 619 g/mol. The molecule has 44 heavy (non-hydrogen) atoms. The van der Waals surface area contributed by atoms with E-state index in [0.717, 1.165) is 11.3 Å². The van der Waals surface area contributed by atoms with Crippen LogP contribution in [0.25, 0.3) is 32.2 Å². The summed E-state index contributed by atoms with van der Waals surface area (Å²) in [6.07, 6.45) is 0.705. The van der Waals surface area contributed by atoms with Gasteiger partial charge >= 0.3 is 0 Å². The van der Waals surface area contributed by atoms with Crippen molar-refractivity contribution in [2.45, 2.75) is 12.1 Å².